The first-order valence-electron chi connectivity index (χ1n) is 14.9. The lowest BCUT2D eigenvalue weighted by Crippen LogP contribution is -2.29. The Labute approximate surface area is 257 Å². The van der Waals surface area contributed by atoms with Gasteiger partial charge in [0.15, 0.2) is 17.7 Å². The van der Waals surface area contributed by atoms with Crippen molar-refractivity contribution < 1.29 is 28.6 Å². The number of benzene rings is 3. The molecule has 1 amide bonds. The third-order valence-corrected chi connectivity index (χ3v) is 8.11. The maximum atomic E-state index is 15.7. The predicted octanol–water partition coefficient (Wildman–Crippen LogP) is 7.72. The van der Waals surface area contributed by atoms with Crippen LogP contribution in [0.5, 0.6) is 5.75 Å². The van der Waals surface area contributed by atoms with Crippen molar-refractivity contribution in [2.24, 2.45) is 0 Å². The molecule has 0 bridgehead atoms. The highest BCUT2D eigenvalue weighted by Crippen LogP contribution is 2.44. The molecular weight excluding hydrogens is 559 g/mol. The molecule has 2 N–H and O–H groups in total. The van der Waals surface area contributed by atoms with Crippen molar-refractivity contribution in [2.45, 2.75) is 79.1 Å². The number of aliphatic carboxylic acids is 1. The zero-order valence-corrected chi connectivity index (χ0v) is 26.3. The van der Waals surface area contributed by atoms with Gasteiger partial charge in [-0.05, 0) is 107 Å². The molecule has 4 aromatic rings. The van der Waals surface area contributed by atoms with Gasteiger partial charge in [-0.15, -0.1) is 0 Å². The van der Waals surface area contributed by atoms with Crippen LogP contribution < -0.4 is 10.1 Å². The molecule has 2 atom stereocenters. The van der Waals surface area contributed by atoms with E-state index in [4.69, 9.17) is 14.5 Å². The Morgan fingerprint density at radius 2 is 1.80 bits per heavy atom. The van der Waals surface area contributed by atoms with E-state index in [2.05, 4.69) is 5.32 Å². The maximum absolute atomic E-state index is 15.7. The van der Waals surface area contributed by atoms with E-state index in [1.54, 1.807) is 33.8 Å². The zero-order chi connectivity index (χ0) is 31.9. The fourth-order valence-corrected chi connectivity index (χ4v) is 6.01. The van der Waals surface area contributed by atoms with Gasteiger partial charge in [-0.25, -0.2) is 9.18 Å². The number of carbonyl (C=O) groups excluding carboxylic acids is 1. The number of rotatable bonds is 7. The van der Waals surface area contributed by atoms with Crippen molar-refractivity contribution in [3.63, 3.8) is 0 Å². The fraction of sp³-hybridized carbons (Fsp3) is 0.361. The number of carboxylic acids is 1. The molecule has 0 aliphatic carbocycles. The van der Waals surface area contributed by atoms with E-state index < -0.39 is 23.5 Å². The van der Waals surface area contributed by atoms with Crippen molar-refractivity contribution in [3.8, 4) is 16.9 Å². The summed E-state index contributed by atoms with van der Waals surface area (Å²) in [7, 11) is 0. The Morgan fingerprint density at radius 1 is 1.09 bits per heavy atom. The molecule has 230 valence electrons. The third-order valence-electron chi connectivity index (χ3n) is 8.11. The molecule has 44 heavy (non-hydrogen) atoms. The number of hydrogen-bond acceptors (Lipinski definition) is 5. The monoisotopic (exact) mass is 598 g/mol. The summed E-state index contributed by atoms with van der Waals surface area (Å²) < 4.78 is 27.5. The summed E-state index contributed by atoms with van der Waals surface area (Å²) >= 11 is 0. The summed E-state index contributed by atoms with van der Waals surface area (Å²) in [5.74, 6) is -1.75. The molecular formula is C36H39FN2O5. The first-order valence-corrected chi connectivity index (χ1v) is 14.9. The van der Waals surface area contributed by atoms with Crippen LogP contribution >= 0.6 is 0 Å². The van der Waals surface area contributed by atoms with Crippen LogP contribution in [-0.2, 0) is 16.0 Å². The Kier molecular flexibility index (Phi) is 8.49. The van der Waals surface area contributed by atoms with Gasteiger partial charge in [-0.2, -0.15) is 0 Å². The third kappa shape index (κ3) is 6.04. The van der Waals surface area contributed by atoms with Gasteiger partial charge < -0.3 is 19.9 Å². The summed E-state index contributed by atoms with van der Waals surface area (Å²) in [6.45, 7) is 13.2. The van der Waals surface area contributed by atoms with Crippen molar-refractivity contribution in [3.05, 3.63) is 93.4 Å². The molecule has 5 rings (SSSR count). The molecule has 0 unspecified atom stereocenters. The lowest BCUT2D eigenvalue weighted by atomic mass is 9.85. The van der Waals surface area contributed by atoms with E-state index in [1.165, 1.54) is 6.07 Å². The molecule has 1 aliphatic rings. The van der Waals surface area contributed by atoms with E-state index in [1.807, 2.05) is 57.2 Å². The van der Waals surface area contributed by atoms with Crippen molar-refractivity contribution in [1.29, 1.82) is 0 Å². The second-order valence-electron chi connectivity index (χ2n) is 12.5. The number of carbonyl (C=O) groups is 2. The SMILES string of the molecule is Cc1cc2nc(C)c([C@H](OC(C)(C)C)C(=O)O)c(-c3cc(F)c4c(c3C)CCCO4)c2cc1C(=O)N[C@@H](C)c1ccccc1. The molecule has 0 radical (unpaired) electrons. The number of amides is 1. The number of pyridine rings is 1. The minimum absolute atomic E-state index is 0.237. The molecule has 7 nitrogen and oxygen atoms in total. The van der Waals surface area contributed by atoms with Gasteiger partial charge in [0.25, 0.3) is 5.91 Å². The smallest absolute Gasteiger partial charge is 0.337 e. The van der Waals surface area contributed by atoms with Crippen molar-refractivity contribution >= 4 is 22.8 Å². The Balaban J connectivity index is 1.79. The van der Waals surface area contributed by atoms with Gasteiger partial charge >= 0.3 is 5.97 Å². The zero-order valence-electron chi connectivity index (χ0n) is 26.3. The Morgan fingerprint density at radius 3 is 2.45 bits per heavy atom. The summed E-state index contributed by atoms with van der Waals surface area (Å²) in [6.07, 6.45) is -0.0181. The second kappa shape index (κ2) is 12.0. The largest absolute Gasteiger partial charge is 0.490 e. The summed E-state index contributed by atoms with van der Waals surface area (Å²) in [5.41, 5.74) is 5.18. The first-order chi connectivity index (χ1) is 20.8. The summed E-state index contributed by atoms with van der Waals surface area (Å²) in [5, 5.41) is 14.1. The number of aryl methyl sites for hydroxylation is 2. The quantitative estimate of drug-likeness (QED) is 0.226. The average molecular weight is 599 g/mol. The highest BCUT2D eigenvalue weighted by atomic mass is 19.1. The second-order valence-corrected chi connectivity index (χ2v) is 12.5. The van der Waals surface area contributed by atoms with E-state index in [-0.39, 0.29) is 17.7 Å². The Bertz CT molecular complexity index is 1760. The molecule has 0 spiro atoms. The van der Waals surface area contributed by atoms with Gasteiger partial charge in [-0.3, -0.25) is 9.78 Å². The van der Waals surface area contributed by atoms with E-state index in [9.17, 15) is 14.7 Å². The summed E-state index contributed by atoms with van der Waals surface area (Å²) in [6, 6.07) is 14.4. The lowest BCUT2D eigenvalue weighted by molar-refractivity contribution is -0.160. The molecule has 0 saturated carbocycles. The van der Waals surface area contributed by atoms with Gasteiger partial charge in [0.1, 0.15) is 0 Å². The molecule has 1 aromatic heterocycles. The van der Waals surface area contributed by atoms with E-state index >= 15 is 4.39 Å². The van der Waals surface area contributed by atoms with Gasteiger partial charge in [0.2, 0.25) is 0 Å². The van der Waals surface area contributed by atoms with Crippen LogP contribution in [0.1, 0.15) is 90.1 Å². The predicted molar refractivity (Wildman–Crippen MR) is 169 cm³/mol. The topological polar surface area (TPSA) is 97.8 Å². The van der Waals surface area contributed by atoms with Crippen LogP contribution in [0.25, 0.3) is 22.0 Å². The van der Waals surface area contributed by atoms with Crippen LogP contribution in [0.3, 0.4) is 0 Å². The number of aromatic nitrogens is 1. The standard InChI is InChI=1S/C36H39FN2O5/c1-19-16-29-27(17-25(19)34(40)39-21(3)23-12-9-8-10-13-23)31(26-18-28(37)32-24(20(26)2)14-11-15-43-32)30(22(4)38-29)33(35(41)42)44-36(5,6)7/h8-10,12-13,16-18,21,33H,11,14-15H2,1-7H3,(H,39,40)(H,41,42)/t21-,33-/m0/s1. The number of hydrogen-bond donors (Lipinski definition) is 2. The lowest BCUT2D eigenvalue weighted by Gasteiger charge is -2.29. The minimum Gasteiger partial charge on any atom is -0.490 e. The van der Waals surface area contributed by atoms with Crippen LogP contribution in [0, 0.1) is 26.6 Å². The number of halogens is 1. The highest BCUT2D eigenvalue weighted by molar-refractivity contribution is 6.05. The van der Waals surface area contributed by atoms with Crippen LogP contribution in [0.4, 0.5) is 4.39 Å². The molecule has 1 aliphatic heterocycles. The Hall–Kier alpha value is -4.30. The molecule has 0 saturated heterocycles. The van der Waals surface area contributed by atoms with Crippen LogP contribution in [-0.4, -0.2) is 34.2 Å². The molecule has 3 aromatic carbocycles. The molecule has 0 fully saturated rings. The van der Waals surface area contributed by atoms with Gasteiger partial charge in [0, 0.05) is 27.8 Å². The van der Waals surface area contributed by atoms with Crippen molar-refractivity contribution in [1.82, 2.24) is 10.3 Å². The van der Waals surface area contributed by atoms with Gasteiger partial charge in [-0.1, -0.05) is 30.3 Å². The fourth-order valence-electron chi connectivity index (χ4n) is 6.01. The molecule has 8 heteroatoms. The number of ether oxygens (including phenoxy) is 2. The van der Waals surface area contributed by atoms with Gasteiger partial charge in [0.05, 0.1) is 23.8 Å². The number of nitrogens with one attached hydrogen (secondary N) is 1. The normalized spacial score (nSPS) is 14.5. The average Bonchev–Trinajstić information content (AvgIpc) is 2.97. The number of fused-ring (bicyclic) bond motifs is 2. The first kappa shape index (κ1) is 31.1. The van der Waals surface area contributed by atoms with E-state index in [0.29, 0.717) is 57.4 Å². The highest BCUT2D eigenvalue weighted by Gasteiger charge is 2.34. The van der Waals surface area contributed by atoms with Crippen LogP contribution in [0.15, 0.2) is 48.5 Å². The maximum Gasteiger partial charge on any atom is 0.337 e. The number of nitrogens with zero attached hydrogens (tertiary/aromatic N) is 1. The minimum atomic E-state index is -1.40. The van der Waals surface area contributed by atoms with Crippen LogP contribution in [0.2, 0.25) is 0 Å². The number of carboxylic acid groups (broad SMARTS) is 1. The molecule has 2 heterocycles. The van der Waals surface area contributed by atoms with Crippen molar-refractivity contribution in [2.75, 3.05) is 6.61 Å². The summed E-state index contributed by atoms with van der Waals surface area (Å²) in [4.78, 5) is 31.3. The van der Waals surface area contributed by atoms with E-state index in [0.717, 1.165) is 23.1 Å².